The molecular formula is C19H23ClN4O3. The van der Waals surface area contributed by atoms with E-state index in [1.807, 2.05) is 18.2 Å². The van der Waals surface area contributed by atoms with Gasteiger partial charge in [0.25, 0.3) is 5.91 Å². The molecule has 1 atom stereocenters. The monoisotopic (exact) mass is 390 g/mol. The Morgan fingerprint density at radius 1 is 1.37 bits per heavy atom. The molecule has 1 aliphatic rings. The van der Waals surface area contributed by atoms with Crippen molar-refractivity contribution in [1.29, 1.82) is 0 Å². The predicted octanol–water partition coefficient (Wildman–Crippen LogP) is 2.25. The molecule has 1 saturated heterocycles. The molecule has 1 aromatic carbocycles. The molecule has 1 aromatic heterocycles. The molecule has 0 aliphatic carbocycles. The van der Waals surface area contributed by atoms with Crippen LogP contribution in [0.5, 0.6) is 5.88 Å². The van der Waals surface area contributed by atoms with E-state index in [2.05, 4.69) is 10.4 Å². The molecule has 8 heteroatoms. The molecule has 1 aliphatic heterocycles. The SMILES string of the molecule is COc1nn(C)cc1C(=O)N1CCC[C@H](C(=O)NCc2ccccc2Cl)C1. The minimum absolute atomic E-state index is 0.0643. The first-order chi connectivity index (χ1) is 13.0. The third kappa shape index (κ3) is 4.42. The molecule has 0 spiro atoms. The van der Waals surface area contributed by atoms with E-state index >= 15 is 0 Å². The van der Waals surface area contributed by atoms with Crippen LogP contribution in [0, 0.1) is 5.92 Å². The lowest BCUT2D eigenvalue weighted by atomic mass is 9.96. The zero-order chi connectivity index (χ0) is 19.4. The summed E-state index contributed by atoms with van der Waals surface area (Å²) in [6, 6.07) is 7.42. The molecule has 0 unspecified atom stereocenters. The van der Waals surface area contributed by atoms with Crippen LogP contribution in [0.15, 0.2) is 30.5 Å². The number of amides is 2. The summed E-state index contributed by atoms with van der Waals surface area (Å²) < 4.78 is 6.73. The van der Waals surface area contributed by atoms with Crippen molar-refractivity contribution in [2.24, 2.45) is 13.0 Å². The molecule has 1 N–H and O–H groups in total. The van der Waals surface area contributed by atoms with Crippen molar-refractivity contribution in [3.63, 3.8) is 0 Å². The summed E-state index contributed by atoms with van der Waals surface area (Å²) in [5.41, 5.74) is 1.29. The van der Waals surface area contributed by atoms with Crippen molar-refractivity contribution in [3.05, 3.63) is 46.6 Å². The first-order valence-corrected chi connectivity index (χ1v) is 9.25. The molecule has 3 rings (SSSR count). The van der Waals surface area contributed by atoms with Crippen LogP contribution >= 0.6 is 11.6 Å². The number of nitrogens with one attached hydrogen (secondary N) is 1. The van der Waals surface area contributed by atoms with Crippen molar-refractivity contribution < 1.29 is 14.3 Å². The lowest BCUT2D eigenvalue weighted by molar-refractivity contribution is -0.126. The van der Waals surface area contributed by atoms with Crippen LogP contribution in [0.25, 0.3) is 0 Å². The summed E-state index contributed by atoms with van der Waals surface area (Å²) in [7, 11) is 3.22. The molecule has 2 heterocycles. The predicted molar refractivity (Wildman–Crippen MR) is 102 cm³/mol. The number of aryl methyl sites for hydroxylation is 1. The van der Waals surface area contributed by atoms with Crippen LogP contribution < -0.4 is 10.1 Å². The second-order valence-corrected chi connectivity index (χ2v) is 7.03. The van der Waals surface area contributed by atoms with Gasteiger partial charge in [0.1, 0.15) is 5.56 Å². The number of hydrogen-bond donors (Lipinski definition) is 1. The normalized spacial score (nSPS) is 16.9. The number of nitrogens with zero attached hydrogens (tertiary/aromatic N) is 3. The van der Waals surface area contributed by atoms with Crippen molar-refractivity contribution in [2.75, 3.05) is 20.2 Å². The number of halogens is 1. The van der Waals surface area contributed by atoms with E-state index in [-0.39, 0.29) is 17.7 Å². The fourth-order valence-corrected chi connectivity index (χ4v) is 3.48. The largest absolute Gasteiger partial charge is 0.479 e. The molecule has 27 heavy (non-hydrogen) atoms. The number of carbonyl (C=O) groups is 2. The number of ether oxygens (including phenoxy) is 1. The van der Waals surface area contributed by atoms with Gasteiger partial charge in [-0.25, -0.2) is 0 Å². The number of piperidine rings is 1. The van der Waals surface area contributed by atoms with Gasteiger partial charge >= 0.3 is 0 Å². The number of benzene rings is 1. The Bertz CT molecular complexity index is 836. The standard InChI is InChI=1S/C19H23ClN4O3/c1-23-12-15(18(22-23)27-2)19(26)24-9-5-7-14(11-24)17(25)21-10-13-6-3-4-8-16(13)20/h3-4,6,8,12,14H,5,7,9-11H2,1-2H3,(H,21,25)/t14-/m0/s1. The van der Waals surface area contributed by atoms with Crippen LogP contribution in [0.1, 0.15) is 28.8 Å². The maximum absolute atomic E-state index is 12.8. The van der Waals surface area contributed by atoms with Crippen LogP contribution in [0.2, 0.25) is 5.02 Å². The van der Waals surface area contributed by atoms with Gasteiger partial charge in [0.15, 0.2) is 0 Å². The zero-order valence-electron chi connectivity index (χ0n) is 15.4. The first-order valence-electron chi connectivity index (χ1n) is 8.87. The summed E-state index contributed by atoms with van der Waals surface area (Å²) in [6.07, 6.45) is 3.17. The number of likely N-dealkylation sites (tertiary alicyclic amines) is 1. The topological polar surface area (TPSA) is 76.5 Å². The average molecular weight is 391 g/mol. The van der Waals surface area contributed by atoms with Gasteiger partial charge < -0.3 is 15.0 Å². The molecule has 1 fully saturated rings. The third-order valence-corrected chi connectivity index (χ3v) is 5.08. The second-order valence-electron chi connectivity index (χ2n) is 6.63. The zero-order valence-corrected chi connectivity index (χ0v) is 16.2. The molecule has 0 radical (unpaired) electrons. The maximum Gasteiger partial charge on any atom is 0.260 e. The average Bonchev–Trinajstić information content (AvgIpc) is 3.07. The summed E-state index contributed by atoms with van der Waals surface area (Å²) >= 11 is 6.13. The highest BCUT2D eigenvalue weighted by Gasteiger charge is 2.31. The van der Waals surface area contributed by atoms with Gasteiger partial charge in [-0.3, -0.25) is 14.3 Å². The minimum Gasteiger partial charge on any atom is -0.479 e. The van der Waals surface area contributed by atoms with Gasteiger partial charge in [-0.05, 0) is 24.5 Å². The highest BCUT2D eigenvalue weighted by Crippen LogP contribution is 2.23. The van der Waals surface area contributed by atoms with Crippen LogP contribution in [0.3, 0.4) is 0 Å². The van der Waals surface area contributed by atoms with E-state index in [0.717, 1.165) is 18.4 Å². The smallest absolute Gasteiger partial charge is 0.260 e. The van der Waals surface area contributed by atoms with E-state index in [9.17, 15) is 9.59 Å². The summed E-state index contributed by atoms with van der Waals surface area (Å²) in [4.78, 5) is 27.1. The summed E-state index contributed by atoms with van der Waals surface area (Å²) in [5.74, 6) is -0.172. The Kier molecular flexibility index (Phi) is 6.01. The summed E-state index contributed by atoms with van der Waals surface area (Å²) in [6.45, 7) is 1.37. The number of methoxy groups -OCH3 is 1. The van der Waals surface area contributed by atoms with Gasteiger partial charge in [-0.2, -0.15) is 0 Å². The van der Waals surface area contributed by atoms with Crippen molar-refractivity contribution >= 4 is 23.4 Å². The highest BCUT2D eigenvalue weighted by atomic mass is 35.5. The second kappa shape index (κ2) is 8.43. The van der Waals surface area contributed by atoms with Crippen molar-refractivity contribution in [2.45, 2.75) is 19.4 Å². The summed E-state index contributed by atoms with van der Waals surface area (Å²) in [5, 5.41) is 7.69. The molecule has 7 nitrogen and oxygen atoms in total. The number of aromatic nitrogens is 2. The van der Waals surface area contributed by atoms with Crippen LogP contribution in [-0.4, -0.2) is 46.7 Å². The van der Waals surface area contributed by atoms with Gasteiger partial charge in [0.05, 0.1) is 13.0 Å². The van der Waals surface area contributed by atoms with E-state index < -0.39 is 0 Å². The number of carbonyl (C=O) groups excluding carboxylic acids is 2. The lowest BCUT2D eigenvalue weighted by Crippen LogP contribution is -2.45. The van der Waals surface area contributed by atoms with Gasteiger partial charge in [0.2, 0.25) is 11.8 Å². The quantitative estimate of drug-likeness (QED) is 0.849. The maximum atomic E-state index is 12.8. The van der Waals surface area contributed by atoms with E-state index in [1.165, 1.54) is 7.11 Å². The molecule has 2 aromatic rings. The van der Waals surface area contributed by atoms with Gasteiger partial charge in [0, 0.05) is 37.9 Å². The third-order valence-electron chi connectivity index (χ3n) is 4.71. The Balaban J connectivity index is 1.62. The van der Waals surface area contributed by atoms with Crippen molar-refractivity contribution in [1.82, 2.24) is 20.0 Å². The molecular weight excluding hydrogens is 368 g/mol. The fourth-order valence-electron chi connectivity index (χ4n) is 3.28. The van der Waals surface area contributed by atoms with E-state index in [1.54, 1.807) is 28.9 Å². The Morgan fingerprint density at radius 3 is 2.89 bits per heavy atom. The molecule has 2 amide bonds. The minimum atomic E-state index is -0.243. The molecule has 0 saturated carbocycles. The Hall–Kier alpha value is -2.54. The Morgan fingerprint density at radius 2 is 2.15 bits per heavy atom. The first kappa shape index (κ1) is 19.2. The van der Waals surface area contributed by atoms with Crippen molar-refractivity contribution in [3.8, 4) is 5.88 Å². The van der Waals surface area contributed by atoms with Gasteiger partial charge in [-0.1, -0.05) is 29.8 Å². The van der Waals surface area contributed by atoms with Crippen LogP contribution in [0.4, 0.5) is 0 Å². The number of rotatable bonds is 5. The van der Waals surface area contributed by atoms with Gasteiger partial charge in [-0.15, -0.1) is 5.10 Å². The van der Waals surface area contributed by atoms with Crippen LogP contribution in [-0.2, 0) is 18.4 Å². The number of hydrogen-bond acceptors (Lipinski definition) is 4. The lowest BCUT2D eigenvalue weighted by Gasteiger charge is -2.32. The van der Waals surface area contributed by atoms with E-state index in [4.69, 9.17) is 16.3 Å². The highest BCUT2D eigenvalue weighted by molar-refractivity contribution is 6.31. The Labute approximate surface area is 163 Å². The van der Waals surface area contributed by atoms with E-state index in [0.29, 0.717) is 36.1 Å². The molecule has 144 valence electrons. The molecule has 0 bridgehead atoms. The fraction of sp³-hybridized carbons (Fsp3) is 0.421.